The number of hydrogen-bond acceptors (Lipinski definition) is 4. The van der Waals surface area contributed by atoms with Crippen LogP contribution in [0.1, 0.15) is 0 Å². The largest absolute Gasteiger partial charge is 3.00 e. The third kappa shape index (κ3) is 149. The first-order chi connectivity index (χ1) is 4.00. The predicted molar refractivity (Wildman–Crippen MR) is 29.2 cm³/mol. The van der Waals surface area contributed by atoms with E-state index in [1.165, 1.54) is 0 Å². The van der Waals surface area contributed by atoms with Crippen LogP contribution in [-0.2, 0) is 0 Å². The normalized spacial score (nSPS) is 2.40. The van der Waals surface area contributed by atoms with Gasteiger partial charge < -0.3 is 18.6 Å². The first-order valence-corrected chi connectivity index (χ1v) is 1.85. The molecule has 4 nitrogen and oxygen atoms in total. The number of hydrogen-bond donors (Lipinski definition) is 0. The molecule has 0 fully saturated rings. The minimum absolute atomic E-state index is 0. The molecule has 0 radical (unpaired) electrons. The molecule has 0 unspecified atom stereocenters. The van der Waals surface area contributed by atoms with Gasteiger partial charge in [-0.1, -0.05) is 0 Å². The maximum atomic E-state index is 7.72. The van der Waals surface area contributed by atoms with Crippen molar-refractivity contribution in [2.45, 2.75) is 0 Å². The molecule has 0 heterocycles. The van der Waals surface area contributed by atoms with E-state index >= 15 is 0 Å². The summed E-state index contributed by atoms with van der Waals surface area (Å²) in [7, 11) is 0. The molecule has 0 aromatic rings. The summed E-state index contributed by atoms with van der Waals surface area (Å²) >= 11 is 13.6. The molecule has 0 saturated heterocycles. The van der Waals surface area contributed by atoms with Crippen LogP contribution in [0.2, 0.25) is 0 Å². The van der Waals surface area contributed by atoms with Crippen LogP contribution in [0.25, 0.3) is 0 Å². The zero-order chi connectivity index (χ0) is 8.00. The van der Waals surface area contributed by atoms with Gasteiger partial charge in [-0.25, -0.2) is 47.5 Å². The van der Waals surface area contributed by atoms with E-state index in [0.29, 0.717) is 0 Å². The standard InChI is InChI=1S/Al.4ClO.Na/c;4*1-2;/q+3;4*-1;+1. The van der Waals surface area contributed by atoms with Crippen molar-refractivity contribution in [2.75, 3.05) is 0 Å². The summed E-state index contributed by atoms with van der Waals surface area (Å²) in [5.74, 6) is 0. The Bertz CT molecular complexity index is 17.2. The predicted octanol–water partition coefficient (Wildman–Crippen LogP) is -5.37. The maximum absolute atomic E-state index is 7.72. The van der Waals surface area contributed by atoms with Crippen LogP contribution >= 0.6 is 47.5 Å². The molecule has 0 aromatic heterocycles. The van der Waals surface area contributed by atoms with E-state index in [2.05, 4.69) is 47.5 Å². The smallest absolute Gasteiger partial charge is 0.769 e. The topological polar surface area (TPSA) is 92.2 Å². The molecular weight excluding hydrogens is 256 g/mol. The summed E-state index contributed by atoms with van der Waals surface area (Å²) in [6, 6.07) is 0. The van der Waals surface area contributed by atoms with Crippen LogP contribution in [0.5, 0.6) is 0 Å². The van der Waals surface area contributed by atoms with Gasteiger partial charge in [0.2, 0.25) is 0 Å². The van der Waals surface area contributed by atoms with Crippen LogP contribution in [0.15, 0.2) is 0 Å². The Labute approximate surface area is 112 Å². The fraction of sp³-hybridized carbons (Fsp3) is 0. The molecule has 10 heteroatoms. The second-order valence-corrected chi connectivity index (χ2v) is 0. The summed E-state index contributed by atoms with van der Waals surface area (Å²) in [6.07, 6.45) is 0. The van der Waals surface area contributed by atoms with E-state index in [4.69, 9.17) is 18.6 Å². The summed E-state index contributed by atoms with van der Waals surface area (Å²) in [5.41, 5.74) is 0. The van der Waals surface area contributed by atoms with Crippen molar-refractivity contribution in [1.82, 2.24) is 0 Å². The van der Waals surface area contributed by atoms with Gasteiger partial charge in [0.05, 0.1) is 0 Å². The molecule has 0 rings (SSSR count). The summed E-state index contributed by atoms with van der Waals surface area (Å²) in [5, 5.41) is 0. The maximum Gasteiger partial charge on any atom is 3.00 e. The van der Waals surface area contributed by atoms with Gasteiger partial charge in [-0.15, -0.1) is 0 Å². The van der Waals surface area contributed by atoms with Crippen molar-refractivity contribution in [3.63, 3.8) is 0 Å². The van der Waals surface area contributed by atoms with E-state index in [1.807, 2.05) is 0 Å². The SMILES string of the molecule is [Al+3].[Na+].[O-]Cl.[O-]Cl.[O-]Cl.[O-]Cl. The third-order valence-corrected chi connectivity index (χ3v) is 0. The fourth-order valence-corrected chi connectivity index (χ4v) is 0. The first kappa shape index (κ1) is 39.1. The molecule has 0 bridgehead atoms. The molecule has 0 saturated carbocycles. The van der Waals surface area contributed by atoms with Crippen molar-refractivity contribution in [2.24, 2.45) is 0 Å². The Morgan fingerprint density at radius 2 is 0.500 bits per heavy atom. The molecule has 0 aliphatic carbocycles. The van der Waals surface area contributed by atoms with E-state index in [0.717, 1.165) is 0 Å². The average molecular weight is 256 g/mol. The molecular formula is AlCl4NaO4. The van der Waals surface area contributed by atoms with Gasteiger partial charge >= 0.3 is 46.9 Å². The molecule has 0 aliphatic heterocycles. The second kappa shape index (κ2) is 199. The van der Waals surface area contributed by atoms with Gasteiger partial charge in [0.1, 0.15) is 0 Å². The number of rotatable bonds is 0. The quantitative estimate of drug-likeness (QED) is 0.404. The minimum atomic E-state index is 0. The van der Waals surface area contributed by atoms with Gasteiger partial charge in [-0.3, -0.25) is 0 Å². The Morgan fingerprint density at radius 3 is 0.500 bits per heavy atom. The molecule has 0 amide bonds. The summed E-state index contributed by atoms with van der Waals surface area (Å²) in [4.78, 5) is 0. The monoisotopic (exact) mass is 254 g/mol. The van der Waals surface area contributed by atoms with Crippen molar-refractivity contribution in [1.29, 1.82) is 0 Å². The van der Waals surface area contributed by atoms with Crippen molar-refractivity contribution < 1.29 is 48.2 Å². The average Bonchev–Trinajstić information content (AvgIpc) is 2.03. The Balaban J connectivity index is -0.00000000500. The van der Waals surface area contributed by atoms with E-state index in [9.17, 15) is 0 Å². The van der Waals surface area contributed by atoms with Gasteiger partial charge in [-0.05, 0) is 0 Å². The molecule has 0 atom stereocenters. The van der Waals surface area contributed by atoms with Crippen LogP contribution in [0, 0.1) is 0 Å². The van der Waals surface area contributed by atoms with Gasteiger partial charge in [0.15, 0.2) is 0 Å². The molecule has 10 heavy (non-hydrogen) atoms. The number of halogens is 4. The first-order valence-electron chi connectivity index (χ1n) is 0.617. The van der Waals surface area contributed by atoms with E-state index in [-0.39, 0.29) is 46.9 Å². The van der Waals surface area contributed by atoms with Gasteiger partial charge in [0, 0.05) is 0 Å². The van der Waals surface area contributed by atoms with Crippen LogP contribution in [0.4, 0.5) is 0 Å². The Morgan fingerprint density at radius 1 is 0.500 bits per heavy atom. The molecule has 56 valence electrons. The van der Waals surface area contributed by atoms with Crippen molar-refractivity contribution in [3.8, 4) is 0 Å². The Hall–Kier alpha value is 2.53. The van der Waals surface area contributed by atoms with Crippen LogP contribution < -0.4 is 48.2 Å². The third-order valence-electron chi connectivity index (χ3n) is 0. The molecule has 0 N–H and O–H groups in total. The zero-order valence-electron chi connectivity index (χ0n) is 4.72. The fourth-order valence-electron chi connectivity index (χ4n) is 0. The van der Waals surface area contributed by atoms with Crippen molar-refractivity contribution >= 4 is 64.8 Å². The molecule has 0 aliphatic rings. The van der Waals surface area contributed by atoms with E-state index in [1.54, 1.807) is 0 Å². The Kier molecular flexibility index (Phi) is 779. The molecule has 0 spiro atoms. The second-order valence-electron chi connectivity index (χ2n) is 0. The van der Waals surface area contributed by atoms with Crippen LogP contribution in [0.3, 0.4) is 0 Å². The summed E-state index contributed by atoms with van der Waals surface area (Å²) < 4.78 is 30.9. The minimum Gasteiger partial charge on any atom is -0.769 e. The van der Waals surface area contributed by atoms with E-state index < -0.39 is 0 Å². The van der Waals surface area contributed by atoms with Gasteiger partial charge in [-0.2, -0.15) is 0 Å². The zero-order valence-corrected chi connectivity index (χ0v) is 10.9. The van der Waals surface area contributed by atoms with Gasteiger partial charge in [0.25, 0.3) is 0 Å². The summed E-state index contributed by atoms with van der Waals surface area (Å²) in [6.45, 7) is 0. The van der Waals surface area contributed by atoms with Crippen LogP contribution in [-0.4, -0.2) is 17.4 Å². The van der Waals surface area contributed by atoms with Crippen molar-refractivity contribution in [3.05, 3.63) is 0 Å². The molecule has 0 aromatic carbocycles.